The van der Waals surface area contributed by atoms with E-state index in [4.69, 9.17) is 9.51 Å². The number of amides is 1. The Labute approximate surface area is 180 Å². The van der Waals surface area contributed by atoms with E-state index in [1.165, 1.54) is 0 Å². The maximum absolute atomic E-state index is 13.8. The number of hydrogen-bond acceptors (Lipinski definition) is 5. The van der Waals surface area contributed by atoms with E-state index in [9.17, 15) is 4.79 Å². The fourth-order valence-electron chi connectivity index (χ4n) is 3.86. The highest BCUT2D eigenvalue weighted by Crippen LogP contribution is 2.34. The monoisotopic (exact) mass is 419 g/mol. The number of para-hydroxylation sites is 1. The van der Waals surface area contributed by atoms with Crippen LogP contribution in [0.1, 0.15) is 34.5 Å². The van der Waals surface area contributed by atoms with E-state index in [1.54, 1.807) is 16.2 Å². The first kappa shape index (κ1) is 20.3. The van der Waals surface area contributed by atoms with Gasteiger partial charge in [-0.25, -0.2) is 4.98 Å². The summed E-state index contributed by atoms with van der Waals surface area (Å²) in [5.74, 6) is 0.799. The van der Waals surface area contributed by atoms with Gasteiger partial charge in [-0.15, -0.1) is 11.3 Å². The van der Waals surface area contributed by atoms with Crippen LogP contribution in [0.25, 0.3) is 10.2 Å². The highest BCUT2D eigenvalue weighted by Gasteiger charge is 2.38. The third kappa shape index (κ3) is 3.75. The van der Waals surface area contributed by atoms with Gasteiger partial charge in [0.25, 0.3) is 0 Å². The SMILES string of the molecule is Cc1noc(C)c1CN(C)C(=O)C(C)(Cc1nc2ccccc2s1)c1ccccc1. The summed E-state index contributed by atoms with van der Waals surface area (Å²) in [6, 6.07) is 18.1. The number of rotatable bonds is 6. The Balaban J connectivity index is 1.69. The number of thiazole rings is 1. The summed E-state index contributed by atoms with van der Waals surface area (Å²) >= 11 is 1.65. The van der Waals surface area contributed by atoms with Crippen LogP contribution in [0.15, 0.2) is 59.1 Å². The molecule has 0 saturated heterocycles. The normalized spacial score (nSPS) is 13.3. The second-order valence-corrected chi connectivity index (χ2v) is 9.03. The number of aryl methyl sites for hydroxylation is 2. The number of nitrogens with zero attached hydrogens (tertiary/aromatic N) is 3. The van der Waals surface area contributed by atoms with E-state index in [-0.39, 0.29) is 5.91 Å². The lowest BCUT2D eigenvalue weighted by Gasteiger charge is -2.33. The van der Waals surface area contributed by atoms with Crippen LogP contribution in [-0.4, -0.2) is 28.0 Å². The number of carbonyl (C=O) groups excluding carboxylic acids is 1. The average molecular weight is 420 g/mol. The molecule has 0 fully saturated rings. The molecule has 2 aromatic heterocycles. The zero-order chi connectivity index (χ0) is 21.3. The van der Waals surface area contributed by atoms with Gasteiger partial charge in [-0.3, -0.25) is 4.79 Å². The third-order valence-electron chi connectivity index (χ3n) is 5.65. The predicted octanol–water partition coefficient (Wildman–Crippen LogP) is 5.06. The minimum Gasteiger partial charge on any atom is -0.361 e. The van der Waals surface area contributed by atoms with Crippen molar-refractivity contribution >= 4 is 27.5 Å². The van der Waals surface area contributed by atoms with Crippen molar-refractivity contribution in [2.45, 2.75) is 39.2 Å². The molecule has 1 unspecified atom stereocenters. The van der Waals surface area contributed by atoms with E-state index in [0.29, 0.717) is 13.0 Å². The number of hydrogen-bond donors (Lipinski definition) is 0. The molecular formula is C24H25N3O2S. The largest absolute Gasteiger partial charge is 0.361 e. The zero-order valence-electron chi connectivity index (χ0n) is 17.7. The smallest absolute Gasteiger partial charge is 0.233 e. The molecule has 0 N–H and O–H groups in total. The van der Waals surface area contributed by atoms with Gasteiger partial charge in [0.1, 0.15) is 5.76 Å². The van der Waals surface area contributed by atoms with E-state index in [1.807, 2.05) is 76.3 Å². The van der Waals surface area contributed by atoms with Gasteiger partial charge in [0.15, 0.2) is 0 Å². The highest BCUT2D eigenvalue weighted by atomic mass is 32.1. The summed E-state index contributed by atoms with van der Waals surface area (Å²) < 4.78 is 6.42. The predicted molar refractivity (Wildman–Crippen MR) is 120 cm³/mol. The van der Waals surface area contributed by atoms with Gasteiger partial charge in [-0.2, -0.15) is 0 Å². The van der Waals surface area contributed by atoms with Crippen LogP contribution in [0.4, 0.5) is 0 Å². The maximum atomic E-state index is 13.8. The van der Waals surface area contributed by atoms with E-state index >= 15 is 0 Å². The van der Waals surface area contributed by atoms with Crippen molar-refractivity contribution in [3.8, 4) is 0 Å². The first-order valence-corrected chi connectivity index (χ1v) is 10.8. The van der Waals surface area contributed by atoms with Crippen molar-refractivity contribution in [1.82, 2.24) is 15.0 Å². The van der Waals surface area contributed by atoms with Gasteiger partial charge < -0.3 is 9.42 Å². The second kappa shape index (κ2) is 8.03. The van der Waals surface area contributed by atoms with Crippen LogP contribution in [0, 0.1) is 13.8 Å². The summed E-state index contributed by atoms with van der Waals surface area (Å²) in [6.45, 7) is 6.26. The molecule has 2 heterocycles. The van der Waals surface area contributed by atoms with Crippen LogP contribution in [0.5, 0.6) is 0 Å². The minimum atomic E-state index is -0.733. The molecule has 0 radical (unpaired) electrons. The Hall–Kier alpha value is -2.99. The Bertz CT molecular complexity index is 1130. The fraction of sp³-hybridized carbons (Fsp3) is 0.292. The lowest BCUT2D eigenvalue weighted by Crippen LogP contribution is -2.44. The molecule has 1 atom stereocenters. The van der Waals surface area contributed by atoms with Crippen molar-refractivity contribution < 1.29 is 9.32 Å². The number of likely N-dealkylation sites (N-methyl/N-ethyl adjacent to an activating group) is 1. The molecule has 6 heteroatoms. The molecule has 30 heavy (non-hydrogen) atoms. The molecule has 0 bridgehead atoms. The van der Waals surface area contributed by atoms with Crippen molar-refractivity contribution in [2.75, 3.05) is 7.05 Å². The molecule has 0 aliphatic rings. The summed E-state index contributed by atoms with van der Waals surface area (Å²) in [4.78, 5) is 20.3. The molecule has 4 aromatic rings. The molecule has 0 saturated carbocycles. The number of fused-ring (bicyclic) bond motifs is 1. The summed E-state index contributed by atoms with van der Waals surface area (Å²) in [5, 5.41) is 4.98. The molecule has 154 valence electrons. The first-order chi connectivity index (χ1) is 14.4. The van der Waals surface area contributed by atoms with Crippen molar-refractivity contribution in [3.05, 3.63) is 82.2 Å². The first-order valence-electron chi connectivity index (χ1n) is 9.96. The van der Waals surface area contributed by atoms with E-state index < -0.39 is 5.41 Å². The lowest BCUT2D eigenvalue weighted by molar-refractivity contribution is -0.136. The Morgan fingerprint density at radius 2 is 1.80 bits per heavy atom. The Morgan fingerprint density at radius 1 is 1.10 bits per heavy atom. The van der Waals surface area contributed by atoms with Crippen LogP contribution in [-0.2, 0) is 23.2 Å². The van der Waals surface area contributed by atoms with Gasteiger partial charge in [0.2, 0.25) is 5.91 Å². The summed E-state index contributed by atoms with van der Waals surface area (Å²) in [7, 11) is 1.84. The van der Waals surface area contributed by atoms with Gasteiger partial charge in [-0.05, 0) is 38.5 Å². The van der Waals surface area contributed by atoms with Gasteiger partial charge in [0.05, 0.1) is 32.9 Å². The zero-order valence-corrected chi connectivity index (χ0v) is 18.5. The lowest BCUT2D eigenvalue weighted by atomic mass is 9.78. The molecule has 0 aliphatic heterocycles. The molecule has 0 spiro atoms. The van der Waals surface area contributed by atoms with Gasteiger partial charge >= 0.3 is 0 Å². The van der Waals surface area contributed by atoms with Crippen molar-refractivity contribution in [1.29, 1.82) is 0 Å². The Kier molecular flexibility index (Phi) is 5.43. The molecule has 1 amide bonds. The van der Waals surface area contributed by atoms with Crippen molar-refractivity contribution in [3.63, 3.8) is 0 Å². The minimum absolute atomic E-state index is 0.0490. The molecule has 2 aromatic carbocycles. The second-order valence-electron chi connectivity index (χ2n) is 7.91. The number of carbonyl (C=O) groups is 1. The summed E-state index contributed by atoms with van der Waals surface area (Å²) in [6.07, 6.45) is 0.543. The molecule has 4 rings (SSSR count). The number of benzene rings is 2. The molecular weight excluding hydrogens is 394 g/mol. The quantitative estimate of drug-likeness (QED) is 0.438. The van der Waals surface area contributed by atoms with Crippen LogP contribution < -0.4 is 0 Å². The van der Waals surface area contributed by atoms with Crippen LogP contribution in [0.3, 0.4) is 0 Å². The maximum Gasteiger partial charge on any atom is 0.233 e. The average Bonchev–Trinajstić information content (AvgIpc) is 3.30. The topological polar surface area (TPSA) is 59.2 Å². The molecule has 5 nitrogen and oxygen atoms in total. The van der Waals surface area contributed by atoms with E-state index in [2.05, 4.69) is 11.2 Å². The van der Waals surface area contributed by atoms with Crippen LogP contribution >= 0.6 is 11.3 Å². The van der Waals surface area contributed by atoms with Gasteiger partial charge in [0, 0.05) is 19.0 Å². The van der Waals surface area contributed by atoms with Gasteiger partial charge in [-0.1, -0.05) is 47.6 Å². The molecule has 0 aliphatic carbocycles. The summed E-state index contributed by atoms with van der Waals surface area (Å²) in [5.41, 5.74) is 3.01. The fourth-order valence-corrected chi connectivity index (χ4v) is 4.99. The Morgan fingerprint density at radius 3 is 2.47 bits per heavy atom. The highest BCUT2D eigenvalue weighted by molar-refractivity contribution is 7.18. The van der Waals surface area contributed by atoms with Crippen LogP contribution in [0.2, 0.25) is 0 Å². The van der Waals surface area contributed by atoms with E-state index in [0.717, 1.165) is 37.8 Å². The standard InChI is InChI=1S/C24H25N3O2S/c1-16-19(17(2)29-26-16)15-27(4)23(28)24(3,18-10-6-5-7-11-18)14-22-25-20-12-8-9-13-21(20)30-22/h5-13H,14-15H2,1-4H3. The van der Waals surface area contributed by atoms with Crippen molar-refractivity contribution in [2.24, 2.45) is 0 Å². The number of aromatic nitrogens is 2. The third-order valence-corrected chi connectivity index (χ3v) is 6.69.